The highest BCUT2D eigenvalue weighted by molar-refractivity contribution is 6.23. The van der Waals surface area contributed by atoms with E-state index in [1.54, 1.807) is 29.2 Å². The maximum absolute atomic E-state index is 13.9. The Morgan fingerprint density at radius 3 is 1.97 bits per heavy atom. The SMILES string of the molecule is CC(c1ccccc1)N(C(=O)C1C(C)(C)C1(C)C)C1CC(=O)N(c2ccccc2)C1=O. The fourth-order valence-electron chi connectivity index (χ4n) is 5.15. The molecule has 0 spiro atoms. The average Bonchev–Trinajstić information content (AvgIpc) is 2.97. The molecule has 0 N–H and O–H groups in total. The maximum Gasteiger partial charge on any atom is 0.257 e. The Kier molecular flexibility index (Phi) is 5.03. The van der Waals surface area contributed by atoms with Crippen LogP contribution in [0.4, 0.5) is 5.69 Å². The molecule has 1 aliphatic heterocycles. The van der Waals surface area contributed by atoms with Gasteiger partial charge in [0, 0.05) is 5.92 Å². The van der Waals surface area contributed by atoms with Crippen molar-refractivity contribution >= 4 is 23.4 Å². The largest absolute Gasteiger partial charge is 0.323 e. The van der Waals surface area contributed by atoms with Crippen LogP contribution in [0.1, 0.15) is 52.6 Å². The van der Waals surface area contributed by atoms with Crippen molar-refractivity contribution in [2.45, 2.75) is 53.1 Å². The fourth-order valence-corrected chi connectivity index (χ4v) is 5.15. The van der Waals surface area contributed by atoms with E-state index >= 15 is 0 Å². The van der Waals surface area contributed by atoms with Crippen LogP contribution < -0.4 is 4.90 Å². The molecule has 2 aromatic rings. The van der Waals surface area contributed by atoms with Gasteiger partial charge in [0.25, 0.3) is 5.91 Å². The van der Waals surface area contributed by atoms with E-state index in [1.807, 2.05) is 43.3 Å². The summed E-state index contributed by atoms with van der Waals surface area (Å²) < 4.78 is 0. The molecule has 0 aromatic heterocycles. The zero-order valence-electron chi connectivity index (χ0n) is 18.8. The smallest absolute Gasteiger partial charge is 0.257 e. The second-order valence-electron chi connectivity index (χ2n) is 9.83. The van der Waals surface area contributed by atoms with E-state index in [0.29, 0.717) is 5.69 Å². The number of carbonyl (C=O) groups is 3. The summed E-state index contributed by atoms with van der Waals surface area (Å²) in [7, 11) is 0. The molecule has 1 saturated carbocycles. The summed E-state index contributed by atoms with van der Waals surface area (Å²) in [5.41, 5.74) is 1.17. The first kappa shape index (κ1) is 21.3. The Balaban J connectivity index is 1.72. The Bertz CT molecular complexity index is 999. The minimum Gasteiger partial charge on any atom is -0.323 e. The quantitative estimate of drug-likeness (QED) is 0.668. The minimum absolute atomic E-state index is 0.00418. The van der Waals surface area contributed by atoms with Gasteiger partial charge in [-0.3, -0.25) is 14.4 Å². The molecule has 3 amide bonds. The van der Waals surface area contributed by atoms with Crippen LogP contribution in [-0.4, -0.2) is 28.7 Å². The molecule has 31 heavy (non-hydrogen) atoms. The topological polar surface area (TPSA) is 57.7 Å². The first-order chi connectivity index (χ1) is 14.6. The van der Waals surface area contributed by atoms with Crippen LogP contribution >= 0.6 is 0 Å². The third-order valence-electron chi connectivity index (χ3n) is 7.69. The van der Waals surface area contributed by atoms with Crippen molar-refractivity contribution in [1.29, 1.82) is 0 Å². The number of para-hydroxylation sites is 1. The molecular formula is C26H30N2O3. The molecule has 1 heterocycles. The Labute approximate surface area is 184 Å². The third kappa shape index (κ3) is 3.27. The van der Waals surface area contributed by atoms with Crippen molar-refractivity contribution < 1.29 is 14.4 Å². The molecule has 4 rings (SSSR count). The summed E-state index contributed by atoms with van der Waals surface area (Å²) in [4.78, 5) is 43.2. The highest BCUT2D eigenvalue weighted by atomic mass is 16.2. The van der Waals surface area contributed by atoms with Crippen LogP contribution in [-0.2, 0) is 14.4 Å². The number of amides is 3. The Hall–Kier alpha value is -2.95. The minimum atomic E-state index is -0.803. The summed E-state index contributed by atoms with van der Waals surface area (Å²) in [6.45, 7) is 10.3. The van der Waals surface area contributed by atoms with E-state index in [2.05, 4.69) is 27.7 Å². The summed E-state index contributed by atoms with van der Waals surface area (Å²) in [6.07, 6.45) is 0.00418. The number of anilines is 1. The molecule has 5 heteroatoms. The van der Waals surface area contributed by atoms with Crippen LogP contribution in [0.3, 0.4) is 0 Å². The van der Waals surface area contributed by atoms with Gasteiger partial charge in [0.05, 0.1) is 18.2 Å². The number of carbonyl (C=O) groups excluding carboxylic acids is 3. The molecule has 2 aliphatic rings. The lowest BCUT2D eigenvalue weighted by molar-refractivity contribution is -0.143. The molecule has 0 radical (unpaired) electrons. The van der Waals surface area contributed by atoms with Gasteiger partial charge in [-0.2, -0.15) is 0 Å². The van der Waals surface area contributed by atoms with Crippen LogP contribution in [0.15, 0.2) is 60.7 Å². The van der Waals surface area contributed by atoms with Crippen LogP contribution in [0.25, 0.3) is 0 Å². The maximum atomic E-state index is 13.9. The predicted octanol–water partition coefficient (Wildman–Crippen LogP) is 4.59. The molecule has 162 valence electrons. The second kappa shape index (κ2) is 7.33. The highest BCUT2D eigenvalue weighted by Crippen LogP contribution is 2.69. The van der Waals surface area contributed by atoms with Crippen LogP contribution in [0.5, 0.6) is 0 Å². The fraction of sp³-hybridized carbons (Fsp3) is 0.423. The van der Waals surface area contributed by atoms with E-state index in [4.69, 9.17) is 0 Å². The molecule has 2 aromatic carbocycles. The summed E-state index contributed by atoms with van der Waals surface area (Å²) in [5.74, 6) is -0.843. The van der Waals surface area contributed by atoms with Gasteiger partial charge in [-0.05, 0) is 35.4 Å². The molecule has 1 aliphatic carbocycles. The van der Waals surface area contributed by atoms with Gasteiger partial charge in [-0.15, -0.1) is 0 Å². The van der Waals surface area contributed by atoms with Crippen LogP contribution in [0, 0.1) is 16.7 Å². The average molecular weight is 419 g/mol. The number of benzene rings is 2. The summed E-state index contributed by atoms with van der Waals surface area (Å²) >= 11 is 0. The van der Waals surface area contributed by atoms with Gasteiger partial charge in [0.15, 0.2) is 0 Å². The lowest BCUT2D eigenvalue weighted by Gasteiger charge is -2.34. The Morgan fingerprint density at radius 1 is 0.935 bits per heavy atom. The molecule has 2 fully saturated rings. The van der Waals surface area contributed by atoms with E-state index in [-0.39, 0.29) is 46.9 Å². The van der Waals surface area contributed by atoms with Gasteiger partial charge < -0.3 is 4.90 Å². The zero-order chi connectivity index (χ0) is 22.6. The molecule has 2 unspecified atom stereocenters. The van der Waals surface area contributed by atoms with E-state index < -0.39 is 6.04 Å². The summed E-state index contributed by atoms with van der Waals surface area (Å²) in [6, 6.07) is 17.5. The first-order valence-electron chi connectivity index (χ1n) is 10.9. The third-order valence-corrected chi connectivity index (χ3v) is 7.69. The van der Waals surface area contributed by atoms with E-state index in [1.165, 1.54) is 4.90 Å². The standard InChI is InChI=1S/C26H30N2O3/c1-17(18-12-8-6-9-13-18)27(24(31)22-25(2,3)26(22,4)5)20-16-21(29)28(23(20)30)19-14-10-7-11-15-19/h6-15,17,20,22H,16H2,1-5H3. The lowest BCUT2D eigenvalue weighted by atomic mass is 10.0. The molecular weight excluding hydrogens is 388 g/mol. The number of hydrogen-bond acceptors (Lipinski definition) is 3. The van der Waals surface area contributed by atoms with Gasteiger partial charge in [0.2, 0.25) is 11.8 Å². The molecule has 5 nitrogen and oxygen atoms in total. The van der Waals surface area contributed by atoms with E-state index in [0.717, 1.165) is 5.56 Å². The van der Waals surface area contributed by atoms with Crippen molar-refractivity contribution in [1.82, 2.24) is 4.90 Å². The monoisotopic (exact) mass is 418 g/mol. The van der Waals surface area contributed by atoms with Crippen molar-refractivity contribution in [3.05, 3.63) is 66.2 Å². The van der Waals surface area contributed by atoms with Crippen LogP contribution in [0.2, 0.25) is 0 Å². The number of rotatable bonds is 5. The van der Waals surface area contributed by atoms with Gasteiger partial charge >= 0.3 is 0 Å². The van der Waals surface area contributed by atoms with E-state index in [9.17, 15) is 14.4 Å². The summed E-state index contributed by atoms with van der Waals surface area (Å²) in [5, 5.41) is 0. The zero-order valence-corrected chi connectivity index (χ0v) is 18.8. The number of nitrogens with zero attached hydrogens (tertiary/aromatic N) is 2. The molecule has 2 atom stereocenters. The van der Waals surface area contributed by atoms with Gasteiger partial charge in [0.1, 0.15) is 6.04 Å². The number of hydrogen-bond donors (Lipinski definition) is 0. The van der Waals surface area contributed by atoms with Crippen molar-refractivity contribution in [2.24, 2.45) is 16.7 Å². The van der Waals surface area contributed by atoms with Crippen molar-refractivity contribution in [2.75, 3.05) is 4.90 Å². The second-order valence-corrected chi connectivity index (χ2v) is 9.83. The van der Waals surface area contributed by atoms with Gasteiger partial charge in [-0.1, -0.05) is 76.2 Å². The van der Waals surface area contributed by atoms with Gasteiger partial charge in [-0.25, -0.2) is 4.90 Å². The van der Waals surface area contributed by atoms with Crippen molar-refractivity contribution in [3.63, 3.8) is 0 Å². The normalized spacial score (nSPS) is 23.0. The molecule has 1 saturated heterocycles. The Morgan fingerprint density at radius 2 is 1.45 bits per heavy atom. The molecule has 0 bridgehead atoms. The van der Waals surface area contributed by atoms with Crippen molar-refractivity contribution in [3.8, 4) is 0 Å². The highest BCUT2D eigenvalue weighted by Gasteiger charge is 2.69. The number of imide groups is 1. The first-order valence-corrected chi connectivity index (χ1v) is 10.9. The predicted molar refractivity (Wildman–Crippen MR) is 120 cm³/mol. The lowest BCUT2D eigenvalue weighted by Crippen LogP contribution is -2.48.